The molecular weight excluding hydrogens is 306 g/mol. The van der Waals surface area contributed by atoms with Gasteiger partial charge in [-0.1, -0.05) is 0 Å². The highest BCUT2D eigenvalue weighted by Crippen LogP contribution is 2.32. The number of carbonyl (C=O) groups is 2. The molecule has 24 heavy (non-hydrogen) atoms. The molecule has 1 heterocycles. The first-order valence-electron chi connectivity index (χ1n) is 8.28. The standard InChI is InChI=1S/C18H23N3O3/c1-10-6-14-15(7-11(10)2)20-16(19-14)9-21(3)17(22)12-4-5-13(8-12)18(23)24/h6-7,12-13H,4-5,8-9H2,1-3H3,(H,19,20)(H,23,24)/t12-,13+/m0/s1. The Kier molecular flexibility index (Phi) is 4.30. The summed E-state index contributed by atoms with van der Waals surface area (Å²) in [6.45, 7) is 4.52. The number of aliphatic carboxylic acids is 1. The largest absolute Gasteiger partial charge is 0.481 e. The number of H-pyrrole nitrogens is 1. The SMILES string of the molecule is Cc1cc2nc(CN(C)C(=O)[C@H]3CC[C@@H](C(=O)O)C3)[nH]c2cc1C. The number of hydrogen-bond donors (Lipinski definition) is 2. The lowest BCUT2D eigenvalue weighted by Gasteiger charge is -2.19. The molecule has 6 heteroatoms. The predicted molar refractivity (Wildman–Crippen MR) is 90.5 cm³/mol. The number of aromatic nitrogens is 2. The van der Waals surface area contributed by atoms with Crippen LogP contribution in [0.1, 0.15) is 36.2 Å². The lowest BCUT2D eigenvalue weighted by molar-refractivity contribution is -0.141. The van der Waals surface area contributed by atoms with Crippen molar-refractivity contribution in [2.75, 3.05) is 7.05 Å². The number of hydrogen-bond acceptors (Lipinski definition) is 3. The molecular formula is C18H23N3O3. The highest BCUT2D eigenvalue weighted by atomic mass is 16.4. The van der Waals surface area contributed by atoms with E-state index in [4.69, 9.17) is 5.11 Å². The highest BCUT2D eigenvalue weighted by molar-refractivity contribution is 5.81. The van der Waals surface area contributed by atoms with E-state index in [-0.39, 0.29) is 17.7 Å². The summed E-state index contributed by atoms with van der Waals surface area (Å²) in [5.74, 6) is -0.615. The van der Waals surface area contributed by atoms with Crippen LogP contribution in [0.4, 0.5) is 0 Å². The van der Waals surface area contributed by atoms with E-state index < -0.39 is 5.97 Å². The number of aromatic amines is 1. The number of imidazole rings is 1. The van der Waals surface area contributed by atoms with Crippen molar-refractivity contribution in [3.8, 4) is 0 Å². The van der Waals surface area contributed by atoms with Gasteiger partial charge in [-0.2, -0.15) is 0 Å². The van der Waals surface area contributed by atoms with Crippen molar-refractivity contribution in [1.29, 1.82) is 0 Å². The van der Waals surface area contributed by atoms with Crippen molar-refractivity contribution in [2.45, 2.75) is 39.7 Å². The number of benzene rings is 1. The maximum absolute atomic E-state index is 12.5. The van der Waals surface area contributed by atoms with Crippen molar-refractivity contribution >= 4 is 22.9 Å². The average Bonchev–Trinajstić information content (AvgIpc) is 3.13. The van der Waals surface area contributed by atoms with Gasteiger partial charge in [-0.25, -0.2) is 4.98 Å². The first kappa shape index (κ1) is 16.5. The van der Waals surface area contributed by atoms with Crippen molar-refractivity contribution in [3.63, 3.8) is 0 Å². The molecule has 1 fully saturated rings. The molecule has 2 atom stereocenters. The summed E-state index contributed by atoms with van der Waals surface area (Å²) in [5.41, 5.74) is 4.27. The van der Waals surface area contributed by atoms with E-state index in [0.29, 0.717) is 25.8 Å². The van der Waals surface area contributed by atoms with E-state index >= 15 is 0 Å². The Morgan fingerprint density at radius 3 is 2.58 bits per heavy atom. The molecule has 0 bridgehead atoms. The third kappa shape index (κ3) is 3.13. The van der Waals surface area contributed by atoms with E-state index in [9.17, 15) is 9.59 Å². The van der Waals surface area contributed by atoms with Gasteiger partial charge in [0.15, 0.2) is 0 Å². The average molecular weight is 329 g/mol. The van der Waals surface area contributed by atoms with E-state index in [0.717, 1.165) is 16.9 Å². The number of fused-ring (bicyclic) bond motifs is 1. The normalized spacial score (nSPS) is 20.5. The van der Waals surface area contributed by atoms with Gasteiger partial charge in [0, 0.05) is 13.0 Å². The number of carboxylic acid groups (broad SMARTS) is 1. The highest BCUT2D eigenvalue weighted by Gasteiger charge is 2.35. The molecule has 1 aromatic carbocycles. The number of carboxylic acids is 1. The quantitative estimate of drug-likeness (QED) is 0.903. The van der Waals surface area contributed by atoms with Crippen LogP contribution < -0.4 is 0 Å². The number of rotatable bonds is 4. The monoisotopic (exact) mass is 329 g/mol. The Labute approximate surface area is 140 Å². The summed E-state index contributed by atoms with van der Waals surface area (Å²) in [6, 6.07) is 4.11. The van der Waals surface area contributed by atoms with Gasteiger partial charge in [-0.3, -0.25) is 9.59 Å². The van der Waals surface area contributed by atoms with E-state index in [1.54, 1.807) is 11.9 Å². The van der Waals surface area contributed by atoms with Crippen LogP contribution in [0, 0.1) is 25.7 Å². The van der Waals surface area contributed by atoms with Gasteiger partial charge in [0.2, 0.25) is 5.91 Å². The molecule has 1 aliphatic rings. The van der Waals surface area contributed by atoms with Crippen LogP contribution in [0.3, 0.4) is 0 Å². The fourth-order valence-electron chi connectivity index (χ4n) is 3.44. The second-order valence-corrected chi connectivity index (χ2v) is 6.88. The van der Waals surface area contributed by atoms with Crippen LogP contribution in [0.25, 0.3) is 11.0 Å². The Hall–Kier alpha value is -2.37. The van der Waals surface area contributed by atoms with Crippen LogP contribution in [0.5, 0.6) is 0 Å². The lowest BCUT2D eigenvalue weighted by atomic mass is 10.0. The molecule has 0 aliphatic heterocycles. The first-order valence-corrected chi connectivity index (χ1v) is 8.28. The molecule has 0 unspecified atom stereocenters. The second kappa shape index (κ2) is 6.26. The third-order valence-corrected chi connectivity index (χ3v) is 5.04. The molecule has 1 amide bonds. The fraction of sp³-hybridized carbons (Fsp3) is 0.500. The van der Waals surface area contributed by atoms with Gasteiger partial charge in [-0.05, 0) is 56.4 Å². The molecule has 1 saturated carbocycles. The van der Waals surface area contributed by atoms with Crippen LogP contribution >= 0.6 is 0 Å². The number of amides is 1. The Balaban J connectivity index is 1.69. The van der Waals surface area contributed by atoms with Crippen LogP contribution in [-0.2, 0) is 16.1 Å². The summed E-state index contributed by atoms with van der Waals surface area (Å²) in [4.78, 5) is 33.1. The Bertz CT molecular complexity index is 757. The topological polar surface area (TPSA) is 86.3 Å². The summed E-state index contributed by atoms with van der Waals surface area (Å²) in [7, 11) is 1.75. The minimum absolute atomic E-state index is 0.00608. The summed E-state index contributed by atoms with van der Waals surface area (Å²) >= 11 is 0. The maximum Gasteiger partial charge on any atom is 0.306 e. The zero-order chi connectivity index (χ0) is 17.4. The minimum atomic E-state index is -0.795. The third-order valence-electron chi connectivity index (χ3n) is 5.04. The lowest BCUT2D eigenvalue weighted by Crippen LogP contribution is -2.32. The zero-order valence-electron chi connectivity index (χ0n) is 14.3. The van der Waals surface area contributed by atoms with Crippen LogP contribution in [0.15, 0.2) is 12.1 Å². The van der Waals surface area contributed by atoms with E-state index in [2.05, 4.69) is 29.9 Å². The molecule has 3 rings (SSSR count). The van der Waals surface area contributed by atoms with E-state index in [1.807, 2.05) is 6.07 Å². The van der Waals surface area contributed by atoms with Gasteiger partial charge in [0.05, 0.1) is 23.5 Å². The number of aryl methyl sites for hydroxylation is 2. The van der Waals surface area contributed by atoms with Crippen molar-refractivity contribution in [3.05, 3.63) is 29.1 Å². The molecule has 1 aromatic heterocycles. The van der Waals surface area contributed by atoms with E-state index in [1.165, 1.54) is 11.1 Å². The Morgan fingerprint density at radius 2 is 1.92 bits per heavy atom. The molecule has 0 radical (unpaired) electrons. The summed E-state index contributed by atoms with van der Waals surface area (Å²) in [6.07, 6.45) is 1.68. The molecule has 2 aromatic rings. The van der Waals surface area contributed by atoms with Gasteiger partial charge in [0.25, 0.3) is 0 Å². The number of carbonyl (C=O) groups excluding carboxylic acids is 1. The minimum Gasteiger partial charge on any atom is -0.481 e. The number of nitrogens with one attached hydrogen (secondary N) is 1. The van der Waals surface area contributed by atoms with Crippen molar-refractivity contribution in [2.24, 2.45) is 11.8 Å². The Morgan fingerprint density at radius 1 is 1.25 bits per heavy atom. The van der Waals surface area contributed by atoms with Crippen molar-refractivity contribution < 1.29 is 14.7 Å². The zero-order valence-corrected chi connectivity index (χ0v) is 14.3. The summed E-state index contributed by atoms with van der Waals surface area (Å²) < 4.78 is 0. The fourth-order valence-corrected chi connectivity index (χ4v) is 3.44. The molecule has 6 nitrogen and oxygen atoms in total. The first-order chi connectivity index (χ1) is 11.3. The second-order valence-electron chi connectivity index (χ2n) is 6.88. The predicted octanol–water partition coefficient (Wildman–Crippen LogP) is 2.64. The van der Waals surface area contributed by atoms with Gasteiger partial charge < -0.3 is 15.0 Å². The van der Waals surface area contributed by atoms with Gasteiger partial charge in [-0.15, -0.1) is 0 Å². The van der Waals surface area contributed by atoms with Gasteiger partial charge in [0.1, 0.15) is 5.82 Å². The number of nitrogens with zero attached hydrogens (tertiary/aromatic N) is 2. The van der Waals surface area contributed by atoms with Crippen LogP contribution in [-0.4, -0.2) is 38.9 Å². The maximum atomic E-state index is 12.5. The van der Waals surface area contributed by atoms with Crippen LogP contribution in [0.2, 0.25) is 0 Å². The molecule has 2 N–H and O–H groups in total. The molecule has 1 aliphatic carbocycles. The molecule has 0 saturated heterocycles. The van der Waals surface area contributed by atoms with Crippen molar-refractivity contribution in [1.82, 2.24) is 14.9 Å². The smallest absolute Gasteiger partial charge is 0.306 e. The van der Waals surface area contributed by atoms with Gasteiger partial charge >= 0.3 is 5.97 Å². The molecule has 128 valence electrons. The summed E-state index contributed by atoms with van der Waals surface area (Å²) in [5, 5.41) is 9.07. The molecule has 0 spiro atoms.